The summed E-state index contributed by atoms with van der Waals surface area (Å²) in [5.41, 5.74) is 15.2. The lowest BCUT2D eigenvalue weighted by Gasteiger charge is -2.11. The van der Waals surface area contributed by atoms with E-state index in [0.717, 1.165) is 53.3 Å². The van der Waals surface area contributed by atoms with Crippen molar-refractivity contribution in [1.29, 1.82) is 0 Å². The molecular weight excluding hydrogens is 424 g/mol. The number of hydrogen-bond donors (Lipinski definition) is 4. The second-order valence-electron chi connectivity index (χ2n) is 8.47. The van der Waals surface area contributed by atoms with Crippen LogP contribution in [0, 0.1) is 20.8 Å². The summed E-state index contributed by atoms with van der Waals surface area (Å²) in [7, 11) is 0. The third-order valence-corrected chi connectivity index (χ3v) is 5.93. The molecule has 0 aliphatic heterocycles. The molecule has 0 spiro atoms. The first kappa shape index (κ1) is 23.2. The van der Waals surface area contributed by atoms with Crippen LogP contribution in [0.2, 0.25) is 0 Å². The first-order chi connectivity index (χ1) is 16.4. The van der Waals surface area contributed by atoms with E-state index in [4.69, 9.17) is 5.73 Å². The summed E-state index contributed by atoms with van der Waals surface area (Å²) in [4.78, 5) is 17.3. The Kier molecular flexibility index (Phi) is 7.04. The molecular formula is C27H30N6O. The largest absolute Gasteiger partial charge is 0.397 e. The molecule has 2 aromatic carbocycles. The quantitative estimate of drug-likeness (QED) is 0.230. The fourth-order valence-corrected chi connectivity index (χ4v) is 4.01. The molecule has 0 unspecified atom stereocenters. The van der Waals surface area contributed by atoms with Crippen LogP contribution in [0.15, 0.2) is 60.8 Å². The number of nitrogens with two attached hydrogens (primary N) is 1. The van der Waals surface area contributed by atoms with Gasteiger partial charge in [0.1, 0.15) is 0 Å². The summed E-state index contributed by atoms with van der Waals surface area (Å²) in [5.74, 6) is -0.198. The molecule has 7 nitrogen and oxygen atoms in total. The zero-order valence-electron chi connectivity index (χ0n) is 19.8. The van der Waals surface area contributed by atoms with Crippen LogP contribution in [0.5, 0.6) is 0 Å². The molecule has 5 N–H and O–H groups in total. The number of nitrogens with one attached hydrogen (secondary N) is 3. The molecule has 7 heteroatoms. The van der Waals surface area contributed by atoms with Gasteiger partial charge in [0.15, 0.2) is 0 Å². The number of hydrogen-bond acceptors (Lipinski definition) is 5. The summed E-state index contributed by atoms with van der Waals surface area (Å²) in [6, 6.07) is 16.8. The number of pyridine rings is 1. The van der Waals surface area contributed by atoms with Crippen LogP contribution in [0.1, 0.15) is 38.4 Å². The molecule has 0 radical (unpaired) electrons. The predicted molar refractivity (Wildman–Crippen MR) is 137 cm³/mol. The molecule has 174 valence electrons. The molecule has 0 atom stereocenters. The Bertz CT molecular complexity index is 1270. The van der Waals surface area contributed by atoms with E-state index in [1.54, 1.807) is 24.3 Å². The Morgan fingerprint density at radius 2 is 1.82 bits per heavy atom. The molecule has 0 aliphatic carbocycles. The number of nitrogens with zero attached hydrogens (tertiary/aromatic N) is 2. The lowest BCUT2D eigenvalue weighted by molar-refractivity contribution is 0.102. The van der Waals surface area contributed by atoms with E-state index in [2.05, 4.69) is 45.7 Å². The Labute approximate surface area is 199 Å². The highest BCUT2D eigenvalue weighted by Crippen LogP contribution is 2.23. The maximum Gasteiger partial charge on any atom is 0.255 e. The van der Waals surface area contributed by atoms with E-state index < -0.39 is 0 Å². The summed E-state index contributed by atoms with van der Waals surface area (Å²) < 4.78 is 0. The fourth-order valence-electron chi connectivity index (χ4n) is 4.01. The first-order valence-electron chi connectivity index (χ1n) is 11.4. The second kappa shape index (κ2) is 10.3. The minimum absolute atomic E-state index is 0.198. The third-order valence-electron chi connectivity index (χ3n) is 5.93. The molecule has 0 saturated heterocycles. The van der Waals surface area contributed by atoms with Crippen molar-refractivity contribution >= 4 is 17.3 Å². The minimum Gasteiger partial charge on any atom is -0.397 e. The van der Waals surface area contributed by atoms with Gasteiger partial charge in [-0.3, -0.25) is 14.9 Å². The van der Waals surface area contributed by atoms with E-state index in [-0.39, 0.29) is 5.91 Å². The highest BCUT2D eigenvalue weighted by Gasteiger charge is 2.10. The minimum atomic E-state index is -0.198. The number of para-hydroxylation sites is 2. The van der Waals surface area contributed by atoms with Gasteiger partial charge in [-0.2, -0.15) is 5.10 Å². The number of amides is 1. The molecule has 0 aliphatic rings. The summed E-state index contributed by atoms with van der Waals surface area (Å²) in [6.07, 6.45) is 2.85. The Balaban J connectivity index is 1.36. The predicted octanol–water partition coefficient (Wildman–Crippen LogP) is 4.56. The van der Waals surface area contributed by atoms with Crippen molar-refractivity contribution < 1.29 is 4.79 Å². The SMILES string of the molecule is Cc1cc(CNCCc2c(C)n[nH]c2C)cnc1-c1ccc(C(=O)Nc2ccccc2N)cc1. The van der Waals surface area contributed by atoms with Crippen molar-refractivity contribution in [3.63, 3.8) is 0 Å². The second-order valence-corrected chi connectivity index (χ2v) is 8.47. The molecule has 0 saturated carbocycles. The zero-order chi connectivity index (χ0) is 24.1. The van der Waals surface area contributed by atoms with Crippen molar-refractivity contribution in [1.82, 2.24) is 20.5 Å². The monoisotopic (exact) mass is 454 g/mol. The van der Waals surface area contributed by atoms with Gasteiger partial charge in [0.05, 0.1) is 22.8 Å². The number of anilines is 2. The highest BCUT2D eigenvalue weighted by atomic mass is 16.1. The first-order valence-corrected chi connectivity index (χ1v) is 11.4. The highest BCUT2D eigenvalue weighted by molar-refractivity contribution is 6.05. The standard InChI is InChI=1S/C27H30N6O/c1-17-14-20(15-29-13-12-23-18(2)32-33-19(23)3)16-30-26(17)21-8-10-22(11-9-21)27(34)31-25-7-5-4-6-24(25)28/h4-11,14,16,29H,12-13,15,28H2,1-3H3,(H,31,34)(H,32,33). The van der Waals surface area contributed by atoms with E-state index in [0.29, 0.717) is 16.9 Å². The average molecular weight is 455 g/mol. The Hall–Kier alpha value is -3.97. The topological polar surface area (TPSA) is 109 Å². The van der Waals surface area contributed by atoms with Gasteiger partial charge in [0, 0.05) is 29.6 Å². The van der Waals surface area contributed by atoms with Crippen LogP contribution < -0.4 is 16.4 Å². The molecule has 2 aromatic heterocycles. The van der Waals surface area contributed by atoms with E-state index in [1.807, 2.05) is 37.4 Å². The van der Waals surface area contributed by atoms with Gasteiger partial charge >= 0.3 is 0 Å². The van der Waals surface area contributed by atoms with Crippen molar-refractivity contribution in [3.05, 3.63) is 94.4 Å². The Morgan fingerprint density at radius 1 is 1.06 bits per heavy atom. The van der Waals surface area contributed by atoms with Gasteiger partial charge in [0.25, 0.3) is 5.91 Å². The van der Waals surface area contributed by atoms with Crippen molar-refractivity contribution in [2.24, 2.45) is 0 Å². The van der Waals surface area contributed by atoms with Gasteiger partial charge in [-0.1, -0.05) is 30.3 Å². The molecule has 0 bridgehead atoms. The van der Waals surface area contributed by atoms with Gasteiger partial charge in [0.2, 0.25) is 0 Å². The number of carbonyl (C=O) groups is 1. The normalized spacial score (nSPS) is 10.9. The van der Waals surface area contributed by atoms with Gasteiger partial charge < -0.3 is 16.4 Å². The van der Waals surface area contributed by atoms with Gasteiger partial charge in [-0.25, -0.2) is 0 Å². The lowest BCUT2D eigenvalue weighted by atomic mass is 10.0. The number of nitrogen functional groups attached to an aromatic ring is 1. The van der Waals surface area contributed by atoms with Gasteiger partial charge in [-0.15, -0.1) is 0 Å². The molecule has 4 aromatic rings. The van der Waals surface area contributed by atoms with Crippen molar-refractivity contribution in [3.8, 4) is 11.3 Å². The van der Waals surface area contributed by atoms with Crippen LogP contribution in [-0.4, -0.2) is 27.6 Å². The number of rotatable bonds is 8. The molecule has 0 fully saturated rings. The van der Waals surface area contributed by atoms with E-state index >= 15 is 0 Å². The Morgan fingerprint density at radius 3 is 2.50 bits per heavy atom. The number of H-pyrrole nitrogens is 1. The smallest absolute Gasteiger partial charge is 0.255 e. The third kappa shape index (κ3) is 5.32. The lowest BCUT2D eigenvalue weighted by Crippen LogP contribution is -2.17. The van der Waals surface area contributed by atoms with Crippen LogP contribution in [-0.2, 0) is 13.0 Å². The maximum atomic E-state index is 12.6. The summed E-state index contributed by atoms with van der Waals surface area (Å²) in [5, 5.41) is 13.6. The summed E-state index contributed by atoms with van der Waals surface area (Å²) >= 11 is 0. The van der Waals surface area contributed by atoms with Crippen LogP contribution >= 0.6 is 0 Å². The number of aryl methyl sites for hydroxylation is 3. The summed E-state index contributed by atoms with van der Waals surface area (Å²) in [6.45, 7) is 7.78. The van der Waals surface area contributed by atoms with Crippen LogP contribution in [0.25, 0.3) is 11.3 Å². The van der Waals surface area contributed by atoms with E-state index in [9.17, 15) is 4.79 Å². The molecule has 1 amide bonds. The molecule has 2 heterocycles. The van der Waals surface area contributed by atoms with Crippen LogP contribution in [0.4, 0.5) is 11.4 Å². The zero-order valence-corrected chi connectivity index (χ0v) is 19.8. The van der Waals surface area contributed by atoms with E-state index in [1.165, 1.54) is 5.56 Å². The number of benzene rings is 2. The van der Waals surface area contributed by atoms with Gasteiger partial charge in [-0.05, 0) is 74.7 Å². The average Bonchev–Trinajstić information content (AvgIpc) is 3.15. The molecule has 34 heavy (non-hydrogen) atoms. The van der Waals surface area contributed by atoms with Crippen LogP contribution in [0.3, 0.4) is 0 Å². The number of aromatic nitrogens is 3. The molecule has 4 rings (SSSR count). The maximum absolute atomic E-state index is 12.6. The fraction of sp³-hybridized carbons (Fsp3) is 0.222. The number of carbonyl (C=O) groups excluding carboxylic acids is 1. The van der Waals surface area contributed by atoms with Crippen molar-refractivity contribution in [2.45, 2.75) is 33.7 Å². The van der Waals surface area contributed by atoms with Crippen molar-refractivity contribution in [2.75, 3.05) is 17.6 Å². The number of aromatic amines is 1.